The lowest BCUT2D eigenvalue weighted by Gasteiger charge is -2.07. The Morgan fingerprint density at radius 2 is 1.41 bits per heavy atom. The van der Waals surface area contributed by atoms with Gasteiger partial charge in [0, 0.05) is 41.7 Å². The number of hydrogen-bond donors (Lipinski definition) is 1. The van der Waals surface area contributed by atoms with Crippen LogP contribution in [0.25, 0.3) is 21.8 Å². The summed E-state index contributed by atoms with van der Waals surface area (Å²) >= 11 is 3.46. The zero-order valence-corrected chi connectivity index (χ0v) is 24.1. The lowest BCUT2D eigenvalue weighted by molar-refractivity contribution is 0.0601. The number of esters is 1. The summed E-state index contributed by atoms with van der Waals surface area (Å²) in [5, 5.41) is 11.7. The lowest BCUT2D eigenvalue weighted by Crippen LogP contribution is -2.04. The van der Waals surface area contributed by atoms with E-state index in [1.807, 2.05) is 29.3 Å². The highest BCUT2D eigenvalue weighted by Gasteiger charge is 2.27. The Labute approximate surface area is 226 Å². The fraction of sp³-hybridized carbons (Fsp3) is 0.400. The number of carboxylic acid groups (broad SMARTS) is 1. The summed E-state index contributed by atoms with van der Waals surface area (Å²) < 4.78 is 9.68. The van der Waals surface area contributed by atoms with Crippen molar-refractivity contribution in [2.24, 2.45) is 14.1 Å². The number of aromatic nitrogens is 2. The zero-order chi connectivity index (χ0) is 27.2. The van der Waals surface area contributed by atoms with Crippen molar-refractivity contribution in [1.82, 2.24) is 9.13 Å². The van der Waals surface area contributed by atoms with Crippen molar-refractivity contribution in [3.63, 3.8) is 0 Å². The number of hydrogen-bond acceptors (Lipinski definition) is 3. The van der Waals surface area contributed by atoms with Gasteiger partial charge in [-0.1, -0.05) is 43.6 Å². The highest BCUT2D eigenvalue weighted by Crippen LogP contribution is 2.43. The number of aromatic carboxylic acids is 1. The summed E-state index contributed by atoms with van der Waals surface area (Å²) in [6.07, 6.45) is 6.52. The number of benzene rings is 2. The van der Waals surface area contributed by atoms with Gasteiger partial charge in [0.05, 0.1) is 29.3 Å². The number of fused-ring (bicyclic) bond motifs is 2. The van der Waals surface area contributed by atoms with Crippen LogP contribution >= 0.6 is 15.9 Å². The molecule has 0 atom stereocenters. The Morgan fingerprint density at radius 3 is 1.86 bits per heavy atom. The number of halogens is 1. The standard InChI is InChI=1S/C16H19NO2.C14H16BrNO2/c1-9(2)14-8-17(3)15-12(14)6-11(10-4-5-10)7-13(15)16(18)19;1-8(2)12-7-16(3)13-10(12)5-9(15)6-11(13)14(17)18-4/h6-10H,4-5H2,1-3H3,(H,18,19);5-8H,1-4H3. The first-order chi connectivity index (χ1) is 17.4. The van der Waals surface area contributed by atoms with Crippen LogP contribution in [0.4, 0.5) is 0 Å². The van der Waals surface area contributed by atoms with Crippen LogP contribution in [0, 0.1) is 0 Å². The first-order valence-electron chi connectivity index (χ1n) is 12.7. The molecule has 1 saturated carbocycles. The summed E-state index contributed by atoms with van der Waals surface area (Å²) in [5.41, 5.74) is 6.47. The third kappa shape index (κ3) is 5.19. The van der Waals surface area contributed by atoms with E-state index in [9.17, 15) is 14.7 Å². The van der Waals surface area contributed by atoms with Crippen LogP contribution in [0.3, 0.4) is 0 Å². The van der Waals surface area contributed by atoms with Gasteiger partial charge < -0.3 is 19.0 Å². The average Bonchev–Trinajstić information content (AvgIpc) is 3.56. The molecule has 2 aromatic carbocycles. The molecule has 0 spiro atoms. The largest absolute Gasteiger partial charge is 0.478 e. The molecule has 37 heavy (non-hydrogen) atoms. The minimum atomic E-state index is -0.830. The van der Waals surface area contributed by atoms with Gasteiger partial charge in [-0.15, -0.1) is 0 Å². The number of aryl methyl sites for hydroxylation is 2. The van der Waals surface area contributed by atoms with Gasteiger partial charge in [-0.25, -0.2) is 9.59 Å². The van der Waals surface area contributed by atoms with Crippen molar-refractivity contribution >= 4 is 49.7 Å². The zero-order valence-electron chi connectivity index (χ0n) is 22.6. The van der Waals surface area contributed by atoms with E-state index < -0.39 is 5.97 Å². The number of methoxy groups -OCH3 is 1. The quantitative estimate of drug-likeness (QED) is 0.251. The predicted octanol–water partition coefficient (Wildman–Crippen LogP) is 7.73. The van der Waals surface area contributed by atoms with Crippen LogP contribution in [0.2, 0.25) is 0 Å². The summed E-state index contributed by atoms with van der Waals surface area (Å²) in [5.74, 6) is 0.248. The van der Waals surface area contributed by atoms with E-state index in [1.54, 1.807) is 6.07 Å². The van der Waals surface area contributed by atoms with Gasteiger partial charge >= 0.3 is 11.9 Å². The Hall–Kier alpha value is -3.06. The van der Waals surface area contributed by atoms with Gasteiger partial charge in [0.15, 0.2) is 0 Å². The minimum Gasteiger partial charge on any atom is -0.478 e. The van der Waals surface area contributed by atoms with E-state index in [1.165, 1.54) is 36.6 Å². The van der Waals surface area contributed by atoms with E-state index in [0.717, 1.165) is 26.3 Å². The van der Waals surface area contributed by atoms with Crippen molar-refractivity contribution in [1.29, 1.82) is 0 Å². The van der Waals surface area contributed by atoms with Crippen LogP contribution in [0.1, 0.15) is 95.7 Å². The molecule has 1 fully saturated rings. The topological polar surface area (TPSA) is 73.5 Å². The maximum atomic E-state index is 11.9. The first kappa shape index (κ1) is 27.0. The SMILES string of the molecule is CC(C)c1cn(C)c2c(C(=O)O)cc(C3CC3)cc12.COC(=O)c1cc(Br)cc2c(C(C)C)cn(C)c12. The number of rotatable bonds is 5. The molecule has 0 amide bonds. The molecule has 0 saturated heterocycles. The molecule has 2 aromatic heterocycles. The maximum Gasteiger partial charge on any atom is 0.340 e. The molecule has 0 bridgehead atoms. The van der Waals surface area contributed by atoms with E-state index in [2.05, 4.69) is 68.2 Å². The van der Waals surface area contributed by atoms with Crippen molar-refractivity contribution < 1.29 is 19.4 Å². The second-order valence-electron chi connectivity index (χ2n) is 10.6. The van der Waals surface area contributed by atoms with Gasteiger partial charge in [-0.3, -0.25) is 0 Å². The molecule has 1 aliphatic carbocycles. The molecule has 2 heterocycles. The van der Waals surface area contributed by atoms with Crippen LogP contribution < -0.4 is 0 Å². The monoisotopic (exact) mass is 566 g/mol. The third-order valence-electron chi connectivity index (χ3n) is 7.13. The van der Waals surface area contributed by atoms with E-state index in [0.29, 0.717) is 28.9 Å². The lowest BCUT2D eigenvalue weighted by atomic mass is 9.97. The van der Waals surface area contributed by atoms with Crippen molar-refractivity contribution in [2.45, 2.75) is 58.3 Å². The van der Waals surface area contributed by atoms with Crippen molar-refractivity contribution in [3.8, 4) is 0 Å². The molecule has 1 N–H and O–H groups in total. The summed E-state index contributed by atoms with van der Waals surface area (Å²) in [7, 11) is 5.29. The van der Waals surface area contributed by atoms with Gasteiger partial charge in [0.25, 0.3) is 0 Å². The Bertz CT molecular complexity index is 1510. The molecule has 6 nitrogen and oxygen atoms in total. The Kier molecular flexibility index (Phi) is 7.56. The Morgan fingerprint density at radius 1 is 0.892 bits per heavy atom. The molecule has 5 rings (SSSR count). The molecular weight excluding hydrogens is 532 g/mol. The fourth-order valence-electron chi connectivity index (χ4n) is 5.14. The van der Waals surface area contributed by atoms with Gasteiger partial charge in [0.2, 0.25) is 0 Å². The van der Waals surface area contributed by atoms with Crippen molar-refractivity contribution in [3.05, 3.63) is 68.9 Å². The molecule has 0 radical (unpaired) electrons. The van der Waals surface area contributed by atoms with E-state index in [4.69, 9.17) is 4.74 Å². The number of carbonyl (C=O) groups excluding carboxylic acids is 1. The van der Waals surface area contributed by atoms with E-state index in [-0.39, 0.29) is 5.97 Å². The predicted molar refractivity (Wildman–Crippen MR) is 152 cm³/mol. The molecule has 1 aliphatic rings. The number of ether oxygens (including phenoxy) is 1. The first-order valence-corrected chi connectivity index (χ1v) is 13.5. The van der Waals surface area contributed by atoms with Crippen LogP contribution in [-0.4, -0.2) is 33.3 Å². The molecule has 7 heteroatoms. The summed E-state index contributed by atoms with van der Waals surface area (Å²) in [4.78, 5) is 23.4. The third-order valence-corrected chi connectivity index (χ3v) is 7.59. The fourth-order valence-corrected chi connectivity index (χ4v) is 5.60. The molecular formula is C30H35BrN2O4. The van der Waals surface area contributed by atoms with Gasteiger partial charge in [0.1, 0.15) is 0 Å². The number of carboxylic acids is 1. The van der Waals surface area contributed by atoms with E-state index >= 15 is 0 Å². The second kappa shape index (κ2) is 10.4. The molecule has 0 unspecified atom stereocenters. The molecule has 196 valence electrons. The van der Waals surface area contributed by atoms with Crippen LogP contribution in [0.5, 0.6) is 0 Å². The van der Waals surface area contributed by atoms with Crippen molar-refractivity contribution in [2.75, 3.05) is 7.11 Å². The Balaban J connectivity index is 0.000000173. The molecule has 0 aliphatic heterocycles. The van der Waals surface area contributed by atoms with Crippen LogP contribution in [0.15, 0.2) is 41.1 Å². The van der Waals surface area contributed by atoms with Crippen LogP contribution in [-0.2, 0) is 18.8 Å². The molecule has 4 aromatic rings. The summed E-state index contributed by atoms with van der Waals surface area (Å²) in [6, 6.07) is 7.93. The maximum absolute atomic E-state index is 11.9. The number of nitrogens with zero attached hydrogens (tertiary/aromatic N) is 2. The normalized spacial score (nSPS) is 13.4. The van der Waals surface area contributed by atoms with Gasteiger partial charge in [-0.2, -0.15) is 0 Å². The minimum absolute atomic E-state index is 0.308. The smallest absolute Gasteiger partial charge is 0.340 e. The highest BCUT2D eigenvalue weighted by molar-refractivity contribution is 9.10. The average molecular weight is 568 g/mol. The number of carbonyl (C=O) groups is 2. The summed E-state index contributed by atoms with van der Waals surface area (Å²) in [6.45, 7) is 8.60. The second-order valence-corrected chi connectivity index (χ2v) is 11.5. The highest BCUT2D eigenvalue weighted by atomic mass is 79.9. The van der Waals surface area contributed by atoms with Gasteiger partial charge in [-0.05, 0) is 71.6 Å².